The number of hydrogen-bond donors (Lipinski definition) is 3. The summed E-state index contributed by atoms with van der Waals surface area (Å²) in [6.07, 6.45) is 3.13. The fourth-order valence-electron chi connectivity index (χ4n) is 3.02. The van der Waals surface area contributed by atoms with Crippen molar-refractivity contribution in [1.82, 2.24) is 0 Å². The number of amides is 1. The van der Waals surface area contributed by atoms with Gasteiger partial charge in [-0.15, -0.1) is 0 Å². The van der Waals surface area contributed by atoms with Crippen molar-refractivity contribution in [1.29, 1.82) is 0 Å². The summed E-state index contributed by atoms with van der Waals surface area (Å²) < 4.78 is 5.55. The van der Waals surface area contributed by atoms with E-state index in [1.165, 1.54) is 12.8 Å². The highest BCUT2D eigenvalue weighted by molar-refractivity contribution is 5.98. The lowest BCUT2D eigenvalue weighted by Crippen LogP contribution is -2.34. The van der Waals surface area contributed by atoms with Crippen LogP contribution in [0.4, 0.5) is 11.4 Å². The molecule has 0 saturated heterocycles. The van der Waals surface area contributed by atoms with Crippen molar-refractivity contribution in [3.05, 3.63) is 18.2 Å². The third-order valence-corrected chi connectivity index (χ3v) is 4.22. The maximum atomic E-state index is 11.6. The first-order chi connectivity index (χ1) is 9.67. The third-order valence-electron chi connectivity index (χ3n) is 4.22. The van der Waals surface area contributed by atoms with Gasteiger partial charge in [-0.25, -0.2) is 0 Å². The zero-order valence-corrected chi connectivity index (χ0v) is 11.7. The van der Waals surface area contributed by atoms with E-state index in [9.17, 15) is 4.79 Å². The molecular formula is C15H21N3O2. The van der Waals surface area contributed by atoms with Gasteiger partial charge in [-0.1, -0.05) is 6.42 Å². The van der Waals surface area contributed by atoms with Gasteiger partial charge in [-0.3, -0.25) is 4.79 Å². The highest BCUT2D eigenvalue weighted by atomic mass is 16.5. The lowest BCUT2D eigenvalue weighted by molar-refractivity contribution is -0.122. The molecule has 0 bridgehead atoms. The van der Waals surface area contributed by atoms with Crippen LogP contribution in [0.2, 0.25) is 0 Å². The summed E-state index contributed by atoms with van der Waals surface area (Å²) >= 11 is 0. The molecule has 1 aliphatic carbocycles. The van der Waals surface area contributed by atoms with Gasteiger partial charge in [0.25, 0.3) is 5.91 Å². The van der Waals surface area contributed by atoms with Crippen molar-refractivity contribution in [2.45, 2.75) is 38.3 Å². The molecule has 1 aromatic rings. The minimum atomic E-state index is -0.433. The van der Waals surface area contributed by atoms with E-state index in [1.807, 2.05) is 18.2 Å². The van der Waals surface area contributed by atoms with Crippen LogP contribution in [0, 0.1) is 5.92 Å². The minimum absolute atomic E-state index is 0.102. The molecule has 4 N–H and O–H groups in total. The smallest absolute Gasteiger partial charge is 0.265 e. The van der Waals surface area contributed by atoms with Crippen LogP contribution in [0.15, 0.2) is 18.2 Å². The Balaban J connectivity index is 1.76. The Morgan fingerprint density at radius 1 is 1.45 bits per heavy atom. The second kappa shape index (κ2) is 5.32. The summed E-state index contributed by atoms with van der Waals surface area (Å²) in [6.45, 7) is 2.47. The molecule has 1 fully saturated rings. The second-order valence-corrected chi connectivity index (χ2v) is 5.64. The molecule has 1 heterocycles. The van der Waals surface area contributed by atoms with Crippen molar-refractivity contribution >= 4 is 17.3 Å². The number of nitrogens with one attached hydrogen (secondary N) is 2. The first-order valence-corrected chi connectivity index (χ1v) is 7.25. The zero-order chi connectivity index (χ0) is 14.1. The normalized spacial score (nSPS) is 28.5. The highest BCUT2D eigenvalue weighted by Gasteiger charge is 2.27. The van der Waals surface area contributed by atoms with Crippen LogP contribution in [0.1, 0.15) is 26.2 Å². The number of rotatable bonds is 3. The fraction of sp³-hybridized carbons (Fsp3) is 0.533. The Morgan fingerprint density at radius 3 is 3.10 bits per heavy atom. The average molecular weight is 275 g/mol. The number of hydrogen-bond acceptors (Lipinski definition) is 4. The predicted octanol–water partition coefficient (Wildman–Crippen LogP) is 1.95. The van der Waals surface area contributed by atoms with E-state index in [0.717, 1.165) is 30.1 Å². The number of carbonyl (C=O) groups is 1. The molecule has 3 unspecified atom stereocenters. The highest BCUT2D eigenvalue weighted by Crippen LogP contribution is 2.34. The van der Waals surface area contributed by atoms with Crippen LogP contribution in [0.5, 0.6) is 5.75 Å². The second-order valence-electron chi connectivity index (χ2n) is 5.64. The van der Waals surface area contributed by atoms with E-state index >= 15 is 0 Å². The topological polar surface area (TPSA) is 76.4 Å². The molecule has 108 valence electrons. The maximum Gasteiger partial charge on any atom is 0.265 e. The average Bonchev–Trinajstić information content (AvgIpc) is 2.87. The van der Waals surface area contributed by atoms with Crippen LogP contribution in [0.25, 0.3) is 0 Å². The summed E-state index contributed by atoms with van der Waals surface area (Å²) in [5.74, 6) is 1.16. The maximum absolute atomic E-state index is 11.6. The summed E-state index contributed by atoms with van der Waals surface area (Å²) in [4.78, 5) is 11.6. The Kier molecular flexibility index (Phi) is 3.53. The van der Waals surface area contributed by atoms with E-state index in [2.05, 4.69) is 10.6 Å². The van der Waals surface area contributed by atoms with Gasteiger partial charge >= 0.3 is 0 Å². The number of nitrogens with two attached hydrogens (primary N) is 1. The molecule has 5 nitrogen and oxygen atoms in total. The molecule has 1 amide bonds. The molecule has 5 heteroatoms. The lowest BCUT2D eigenvalue weighted by atomic mass is 10.0. The molecule has 1 aliphatic heterocycles. The number of carbonyl (C=O) groups excluding carboxylic acids is 1. The van der Waals surface area contributed by atoms with Crippen molar-refractivity contribution in [3.63, 3.8) is 0 Å². The van der Waals surface area contributed by atoms with Gasteiger partial charge in [-0.2, -0.15) is 0 Å². The van der Waals surface area contributed by atoms with Gasteiger partial charge in [-0.05, 0) is 50.4 Å². The quantitative estimate of drug-likeness (QED) is 0.788. The van der Waals surface area contributed by atoms with E-state index in [1.54, 1.807) is 6.92 Å². The third kappa shape index (κ3) is 2.45. The van der Waals surface area contributed by atoms with Crippen molar-refractivity contribution in [3.8, 4) is 5.75 Å². The monoisotopic (exact) mass is 275 g/mol. The lowest BCUT2D eigenvalue weighted by Gasteiger charge is -2.25. The summed E-state index contributed by atoms with van der Waals surface area (Å²) in [5, 5.41) is 6.40. The summed E-state index contributed by atoms with van der Waals surface area (Å²) in [7, 11) is 0. The zero-order valence-electron chi connectivity index (χ0n) is 11.7. The first-order valence-electron chi connectivity index (χ1n) is 7.25. The largest absolute Gasteiger partial charge is 0.479 e. The minimum Gasteiger partial charge on any atom is -0.479 e. The van der Waals surface area contributed by atoms with E-state index < -0.39 is 6.10 Å². The number of benzene rings is 1. The molecular weight excluding hydrogens is 254 g/mol. The van der Waals surface area contributed by atoms with Gasteiger partial charge in [0.05, 0.1) is 5.69 Å². The molecule has 3 atom stereocenters. The Morgan fingerprint density at radius 2 is 2.30 bits per heavy atom. The van der Waals surface area contributed by atoms with Gasteiger partial charge < -0.3 is 21.1 Å². The van der Waals surface area contributed by atoms with E-state index in [-0.39, 0.29) is 5.91 Å². The summed E-state index contributed by atoms with van der Waals surface area (Å²) in [5.41, 5.74) is 7.55. The SMILES string of the molecule is CC1Oc2ccc(NC3CCCC3CN)cc2NC1=O. The van der Waals surface area contributed by atoms with Crippen LogP contribution in [0.3, 0.4) is 0 Å². The van der Waals surface area contributed by atoms with Gasteiger partial charge in [0.1, 0.15) is 5.75 Å². The number of anilines is 2. The molecule has 2 aliphatic rings. The Labute approximate surface area is 118 Å². The Bertz CT molecular complexity index is 518. The van der Waals surface area contributed by atoms with Gasteiger partial charge in [0.2, 0.25) is 0 Å². The fourth-order valence-corrected chi connectivity index (χ4v) is 3.02. The first kappa shape index (κ1) is 13.2. The van der Waals surface area contributed by atoms with Crippen LogP contribution in [-0.4, -0.2) is 24.6 Å². The van der Waals surface area contributed by atoms with Gasteiger partial charge in [0, 0.05) is 11.7 Å². The van der Waals surface area contributed by atoms with E-state index in [0.29, 0.717) is 12.0 Å². The molecule has 20 heavy (non-hydrogen) atoms. The van der Waals surface area contributed by atoms with Gasteiger partial charge in [0.15, 0.2) is 6.10 Å². The van der Waals surface area contributed by atoms with Crippen molar-refractivity contribution in [2.75, 3.05) is 17.2 Å². The molecule has 1 saturated carbocycles. The Hall–Kier alpha value is -1.75. The molecule has 0 spiro atoms. The number of fused-ring (bicyclic) bond motifs is 1. The van der Waals surface area contributed by atoms with Crippen molar-refractivity contribution in [2.24, 2.45) is 11.7 Å². The van der Waals surface area contributed by atoms with Crippen LogP contribution in [-0.2, 0) is 4.79 Å². The predicted molar refractivity (Wildman–Crippen MR) is 79.0 cm³/mol. The molecule has 0 aromatic heterocycles. The number of ether oxygens (including phenoxy) is 1. The molecule has 3 rings (SSSR count). The molecule has 1 aromatic carbocycles. The van der Waals surface area contributed by atoms with Crippen LogP contribution >= 0.6 is 0 Å². The standard InChI is InChI=1S/C15H21N3O2/c1-9-15(19)18-13-7-11(5-6-14(13)20-9)17-12-4-2-3-10(12)8-16/h5-7,9-10,12,17H,2-4,8,16H2,1H3,(H,18,19). The van der Waals surface area contributed by atoms with E-state index in [4.69, 9.17) is 10.5 Å². The van der Waals surface area contributed by atoms with Crippen LogP contribution < -0.4 is 21.1 Å². The summed E-state index contributed by atoms with van der Waals surface area (Å²) in [6, 6.07) is 6.26. The molecule has 0 radical (unpaired) electrons. The van der Waals surface area contributed by atoms with Crippen molar-refractivity contribution < 1.29 is 9.53 Å².